The second-order valence-electron chi connectivity index (χ2n) is 8.39. The summed E-state index contributed by atoms with van der Waals surface area (Å²) >= 11 is 5.98. The van der Waals surface area contributed by atoms with E-state index in [1.54, 1.807) is 43.3 Å². The quantitative estimate of drug-likeness (QED) is 0.357. The van der Waals surface area contributed by atoms with E-state index in [2.05, 4.69) is 5.10 Å². The Kier molecular flexibility index (Phi) is 7.77. The van der Waals surface area contributed by atoms with Crippen LogP contribution >= 0.6 is 11.6 Å². The van der Waals surface area contributed by atoms with E-state index in [0.717, 1.165) is 28.1 Å². The topological polar surface area (TPSA) is 83.2 Å². The Hall–Kier alpha value is -3.15. The van der Waals surface area contributed by atoms with Crippen LogP contribution in [-0.4, -0.2) is 42.4 Å². The van der Waals surface area contributed by atoms with Gasteiger partial charge in [0.2, 0.25) is 10.0 Å². The maximum absolute atomic E-state index is 13.4. The van der Waals surface area contributed by atoms with Crippen LogP contribution < -0.4 is 0 Å². The molecular formula is C25H23ClF3N3O4S. The lowest BCUT2D eigenvalue weighted by molar-refractivity contribution is -0.137. The number of halogens is 4. The Bertz CT molecular complexity index is 1390. The standard InChI is InChI=1S/C25H23ClF3N3O4S/c1-2-12-31(37(34,35)20-6-3-5-18(14-20)25(27,28)29)16-24(33)32-22(23-7-4-13-36-23)15-21(30-32)17-8-10-19(26)11-9-17/h3-11,13-14,22H,2,12,15-16H2,1H3. The summed E-state index contributed by atoms with van der Waals surface area (Å²) in [6.07, 6.45) is -2.60. The van der Waals surface area contributed by atoms with Gasteiger partial charge < -0.3 is 4.42 Å². The summed E-state index contributed by atoms with van der Waals surface area (Å²) in [6.45, 7) is 1.02. The second-order valence-corrected chi connectivity index (χ2v) is 10.8. The van der Waals surface area contributed by atoms with Gasteiger partial charge >= 0.3 is 6.18 Å². The molecule has 1 amide bonds. The largest absolute Gasteiger partial charge is 0.467 e. The molecule has 0 aliphatic carbocycles. The number of sulfonamides is 1. The number of hydrogen-bond donors (Lipinski definition) is 0. The number of carbonyl (C=O) groups excluding carboxylic acids is 1. The molecule has 2 heterocycles. The monoisotopic (exact) mass is 553 g/mol. The molecule has 0 saturated heterocycles. The predicted molar refractivity (Wildman–Crippen MR) is 131 cm³/mol. The maximum Gasteiger partial charge on any atom is 0.416 e. The molecule has 37 heavy (non-hydrogen) atoms. The van der Waals surface area contributed by atoms with Crippen molar-refractivity contribution in [2.75, 3.05) is 13.1 Å². The summed E-state index contributed by atoms with van der Waals surface area (Å²) in [5, 5.41) is 6.18. The molecule has 1 aliphatic heterocycles. The Balaban J connectivity index is 1.64. The van der Waals surface area contributed by atoms with E-state index in [1.807, 2.05) is 0 Å². The molecule has 0 fully saturated rings. The van der Waals surface area contributed by atoms with Crippen LogP contribution in [0.3, 0.4) is 0 Å². The van der Waals surface area contributed by atoms with E-state index in [0.29, 0.717) is 35.4 Å². The molecule has 1 aromatic heterocycles. The number of hydrogen-bond acceptors (Lipinski definition) is 5. The van der Waals surface area contributed by atoms with Crippen LogP contribution in [0, 0.1) is 0 Å². The number of hydrazone groups is 1. The van der Waals surface area contributed by atoms with Gasteiger partial charge in [-0.2, -0.15) is 22.6 Å². The Morgan fingerprint density at radius 1 is 1.16 bits per heavy atom. The van der Waals surface area contributed by atoms with E-state index in [4.69, 9.17) is 16.0 Å². The summed E-state index contributed by atoms with van der Waals surface area (Å²) in [4.78, 5) is 12.9. The molecule has 196 valence electrons. The first-order valence-corrected chi connectivity index (χ1v) is 13.2. The molecule has 12 heteroatoms. The molecule has 0 saturated carbocycles. The van der Waals surface area contributed by atoms with Crippen molar-refractivity contribution in [3.8, 4) is 0 Å². The number of nitrogens with zero attached hydrogens (tertiary/aromatic N) is 3. The molecule has 0 N–H and O–H groups in total. The molecular weight excluding hydrogens is 531 g/mol. The van der Waals surface area contributed by atoms with Crippen LogP contribution in [-0.2, 0) is 21.0 Å². The number of benzene rings is 2. The number of amides is 1. The minimum Gasteiger partial charge on any atom is -0.467 e. The fraction of sp³-hybridized carbons (Fsp3) is 0.280. The zero-order valence-corrected chi connectivity index (χ0v) is 21.2. The van der Waals surface area contributed by atoms with Gasteiger partial charge in [0.05, 0.1) is 29.0 Å². The average molecular weight is 554 g/mol. The number of furan rings is 1. The Morgan fingerprint density at radius 3 is 2.51 bits per heavy atom. The summed E-state index contributed by atoms with van der Waals surface area (Å²) in [5.41, 5.74) is 0.221. The van der Waals surface area contributed by atoms with Crippen molar-refractivity contribution in [2.45, 2.75) is 36.9 Å². The molecule has 7 nitrogen and oxygen atoms in total. The van der Waals surface area contributed by atoms with Crippen molar-refractivity contribution in [3.63, 3.8) is 0 Å². The minimum atomic E-state index is -4.71. The van der Waals surface area contributed by atoms with Gasteiger partial charge in [0, 0.05) is 18.0 Å². The predicted octanol–water partition coefficient (Wildman–Crippen LogP) is 5.73. The first-order valence-electron chi connectivity index (χ1n) is 11.4. The van der Waals surface area contributed by atoms with Gasteiger partial charge in [-0.05, 0) is 54.4 Å². The van der Waals surface area contributed by atoms with Crippen LogP contribution in [0.4, 0.5) is 13.2 Å². The number of rotatable bonds is 8. The van der Waals surface area contributed by atoms with Crippen LogP contribution in [0.1, 0.15) is 42.7 Å². The molecule has 0 bridgehead atoms. The zero-order valence-electron chi connectivity index (χ0n) is 19.7. The van der Waals surface area contributed by atoms with Gasteiger partial charge in [0.1, 0.15) is 11.8 Å². The Morgan fingerprint density at radius 2 is 1.89 bits per heavy atom. The molecule has 0 spiro atoms. The molecule has 2 aromatic carbocycles. The summed E-state index contributed by atoms with van der Waals surface area (Å²) in [6, 6.07) is 13.1. The lowest BCUT2D eigenvalue weighted by Gasteiger charge is -2.25. The minimum absolute atomic E-state index is 0.0721. The number of carbonyl (C=O) groups is 1. The van der Waals surface area contributed by atoms with E-state index in [1.165, 1.54) is 11.3 Å². The fourth-order valence-electron chi connectivity index (χ4n) is 4.00. The van der Waals surface area contributed by atoms with Crippen molar-refractivity contribution in [1.82, 2.24) is 9.31 Å². The lowest BCUT2D eigenvalue weighted by atomic mass is 10.0. The highest BCUT2D eigenvalue weighted by molar-refractivity contribution is 7.89. The summed E-state index contributed by atoms with van der Waals surface area (Å²) in [5.74, 6) is -0.182. The first-order chi connectivity index (χ1) is 17.5. The lowest BCUT2D eigenvalue weighted by Crippen LogP contribution is -2.41. The van der Waals surface area contributed by atoms with Crippen LogP contribution in [0.5, 0.6) is 0 Å². The second kappa shape index (κ2) is 10.7. The SMILES string of the molecule is CCCN(CC(=O)N1N=C(c2ccc(Cl)cc2)CC1c1ccco1)S(=O)(=O)c1cccc(C(F)(F)F)c1. The molecule has 1 aliphatic rings. The third kappa shape index (κ3) is 5.89. The molecule has 3 aromatic rings. The van der Waals surface area contributed by atoms with Gasteiger partial charge in [-0.3, -0.25) is 4.79 Å². The van der Waals surface area contributed by atoms with Gasteiger partial charge in [-0.1, -0.05) is 36.7 Å². The summed E-state index contributed by atoms with van der Waals surface area (Å²) < 4.78 is 72.6. The normalized spacial score (nSPS) is 16.3. The third-order valence-electron chi connectivity index (χ3n) is 5.80. The average Bonchev–Trinajstić information content (AvgIpc) is 3.54. The van der Waals surface area contributed by atoms with Crippen molar-refractivity contribution in [1.29, 1.82) is 0 Å². The maximum atomic E-state index is 13.4. The zero-order chi connectivity index (χ0) is 26.8. The van der Waals surface area contributed by atoms with Crippen LogP contribution in [0.15, 0.2) is 81.3 Å². The van der Waals surface area contributed by atoms with Crippen molar-refractivity contribution >= 4 is 33.2 Å². The van der Waals surface area contributed by atoms with Gasteiger partial charge in [-0.15, -0.1) is 0 Å². The summed E-state index contributed by atoms with van der Waals surface area (Å²) in [7, 11) is -4.41. The molecule has 0 radical (unpaired) electrons. The van der Waals surface area contributed by atoms with Crippen molar-refractivity contribution in [2.24, 2.45) is 5.10 Å². The molecule has 1 atom stereocenters. The van der Waals surface area contributed by atoms with Gasteiger partial charge in [0.15, 0.2) is 0 Å². The fourth-order valence-corrected chi connectivity index (χ4v) is 5.65. The van der Waals surface area contributed by atoms with Crippen LogP contribution in [0.2, 0.25) is 5.02 Å². The Labute approximate surface area is 217 Å². The highest BCUT2D eigenvalue weighted by Gasteiger charge is 2.38. The molecule has 4 rings (SSSR count). The molecule has 1 unspecified atom stereocenters. The third-order valence-corrected chi connectivity index (χ3v) is 7.89. The van der Waals surface area contributed by atoms with E-state index in [-0.39, 0.29) is 6.54 Å². The van der Waals surface area contributed by atoms with Crippen molar-refractivity contribution < 1.29 is 30.8 Å². The van der Waals surface area contributed by atoms with Gasteiger partial charge in [0.25, 0.3) is 5.91 Å². The van der Waals surface area contributed by atoms with Gasteiger partial charge in [-0.25, -0.2) is 13.4 Å². The first kappa shape index (κ1) is 26.9. The van der Waals surface area contributed by atoms with E-state index >= 15 is 0 Å². The number of alkyl halides is 3. The highest BCUT2D eigenvalue weighted by atomic mass is 35.5. The van der Waals surface area contributed by atoms with Crippen LogP contribution in [0.25, 0.3) is 0 Å². The smallest absolute Gasteiger partial charge is 0.416 e. The van der Waals surface area contributed by atoms with E-state index in [9.17, 15) is 26.4 Å². The van der Waals surface area contributed by atoms with Crippen molar-refractivity contribution in [3.05, 3.63) is 88.8 Å². The highest BCUT2D eigenvalue weighted by Crippen LogP contribution is 2.34. The van der Waals surface area contributed by atoms with E-state index < -0.39 is 45.2 Å².